The van der Waals surface area contributed by atoms with Gasteiger partial charge in [0.2, 0.25) is 0 Å². The molecule has 0 radical (unpaired) electrons. The number of benzene rings is 7. The van der Waals surface area contributed by atoms with Gasteiger partial charge in [0, 0.05) is 16.2 Å². The molecule has 0 amide bonds. The molecule has 0 aliphatic heterocycles. The van der Waals surface area contributed by atoms with E-state index in [1.54, 1.807) is 0 Å². The second-order valence-corrected chi connectivity index (χ2v) is 10.1. The van der Waals surface area contributed by atoms with Gasteiger partial charge in [-0.3, -0.25) is 0 Å². The maximum atomic E-state index is 6.66. The molecule has 182 valence electrons. The number of rotatable bonds is 3. The van der Waals surface area contributed by atoms with Crippen molar-refractivity contribution in [3.8, 4) is 33.4 Å². The number of hydrogen-bond donors (Lipinski definition) is 0. The third-order valence-corrected chi connectivity index (χ3v) is 7.85. The fourth-order valence-electron chi connectivity index (χ4n) is 5.95. The fraction of sp³-hybridized carbons (Fsp3) is 0. The third kappa shape index (κ3) is 3.55. The molecule has 0 atom stereocenters. The zero-order chi connectivity index (χ0) is 25.8. The van der Waals surface area contributed by atoms with Crippen molar-refractivity contribution in [2.24, 2.45) is 0 Å². The Bertz CT molecular complexity index is 2150. The standard InChI is InChI=1S/C38H24O/c1-3-10-25(11-4-1)27-14-9-15-28(22-27)29-18-20-33-35(23-29)31-16-7-8-17-32(31)37-34-21-19-30(24-36(34)39-38(33)37)26-12-5-2-6-13-26/h1-24H. The highest BCUT2D eigenvalue weighted by Crippen LogP contribution is 2.43. The molecule has 0 spiro atoms. The second-order valence-electron chi connectivity index (χ2n) is 10.1. The molecule has 8 aromatic rings. The predicted molar refractivity (Wildman–Crippen MR) is 165 cm³/mol. The average Bonchev–Trinajstić information content (AvgIpc) is 3.41. The van der Waals surface area contributed by atoms with Crippen LogP contribution < -0.4 is 0 Å². The second kappa shape index (κ2) is 8.72. The van der Waals surface area contributed by atoms with E-state index in [-0.39, 0.29) is 0 Å². The molecule has 1 nitrogen and oxygen atoms in total. The maximum Gasteiger partial charge on any atom is 0.143 e. The van der Waals surface area contributed by atoms with Gasteiger partial charge in [0.1, 0.15) is 11.2 Å². The normalized spacial score (nSPS) is 11.6. The lowest BCUT2D eigenvalue weighted by atomic mass is 9.93. The van der Waals surface area contributed by atoms with Gasteiger partial charge < -0.3 is 4.42 Å². The van der Waals surface area contributed by atoms with Crippen molar-refractivity contribution < 1.29 is 4.42 Å². The first-order chi connectivity index (χ1) is 19.3. The van der Waals surface area contributed by atoms with E-state index in [2.05, 4.69) is 140 Å². The Morgan fingerprint density at radius 1 is 0.308 bits per heavy atom. The Morgan fingerprint density at radius 3 is 1.56 bits per heavy atom. The van der Waals surface area contributed by atoms with Gasteiger partial charge in [0.15, 0.2) is 0 Å². The Hall–Kier alpha value is -5.14. The van der Waals surface area contributed by atoms with Gasteiger partial charge in [-0.05, 0) is 79.9 Å². The van der Waals surface area contributed by atoms with Crippen LogP contribution in [0.4, 0.5) is 0 Å². The molecule has 7 aromatic carbocycles. The summed E-state index contributed by atoms with van der Waals surface area (Å²) in [6, 6.07) is 51.9. The van der Waals surface area contributed by atoms with Crippen LogP contribution in [0.2, 0.25) is 0 Å². The van der Waals surface area contributed by atoms with Crippen molar-refractivity contribution in [1.82, 2.24) is 0 Å². The van der Waals surface area contributed by atoms with Gasteiger partial charge >= 0.3 is 0 Å². The van der Waals surface area contributed by atoms with Crippen LogP contribution in [-0.2, 0) is 0 Å². The van der Waals surface area contributed by atoms with E-state index >= 15 is 0 Å². The molecule has 1 heteroatoms. The Kier molecular flexibility index (Phi) is 4.89. The van der Waals surface area contributed by atoms with Crippen LogP contribution >= 0.6 is 0 Å². The smallest absolute Gasteiger partial charge is 0.143 e. The van der Waals surface area contributed by atoms with Crippen molar-refractivity contribution in [3.63, 3.8) is 0 Å². The molecule has 8 rings (SSSR count). The van der Waals surface area contributed by atoms with Gasteiger partial charge in [0.05, 0.1) is 0 Å². The van der Waals surface area contributed by atoms with Crippen molar-refractivity contribution in [2.75, 3.05) is 0 Å². The van der Waals surface area contributed by atoms with E-state index < -0.39 is 0 Å². The molecule has 0 unspecified atom stereocenters. The topological polar surface area (TPSA) is 13.1 Å². The highest BCUT2D eigenvalue weighted by atomic mass is 16.3. The van der Waals surface area contributed by atoms with Crippen LogP contribution in [0.3, 0.4) is 0 Å². The minimum Gasteiger partial charge on any atom is -0.455 e. The van der Waals surface area contributed by atoms with Gasteiger partial charge in [-0.15, -0.1) is 0 Å². The molecule has 0 bridgehead atoms. The van der Waals surface area contributed by atoms with E-state index in [1.165, 1.54) is 49.4 Å². The monoisotopic (exact) mass is 496 g/mol. The highest BCUT2D eigenvalue weighted by molar-refractivity contribution is 6.30. The summed E-state index contributed by atoms with van der Waals surface area (Å²) < 4.78 is 6.66. The predicted octanol–water partition coefficient (Wildman–Crippen LogP) is 10.9. The average molecular weight is 497 g/mol. The van der Waals surface area contributed by atoms with Crippen LogP contribution in [0.25, 0.3) is 76.9 Å². The van der Waals surface area contributed by atoms with E-state index in [0.29, 0.717) is 0 Å². The fourth-order valence-corrected chi connectivity index (χ4v) is 5.95. The summed E-state index contributed by atoms with van der Waals surface area (Å²) in [5, 5.41) is 7.17. The van der Waals surface area contributed by atoms with Crippen molar-refractivity contribution in [1.29, 1.82) is 0 Å². The van der Waals surface area contributed by atoms with Crippen LogP contribution in [0.15, 0.2) is 150 Å². The molecule has 0 saturated heterocycles. The highest BCUT2D eigenvalue weighted by Gasteiger charge is 2.17. The molecule has 0 aliphatic carbocycles. The van der Waals surface area contributed by atoms with E-state index in [1.807, 2.05) is 6.07 Å². The summed E-state index contributed by atoms with van der Waals surface area (Å²) in [5.41, 5.74) is 9.08. The lowest BCUT2D eigenvalue weighted by Crippen LogP contribution is -1.84. The van der Waals surface area contributed by atoms with Crippen LogP contribution in [0, 0.1) is 0 Å². The first-order valence-corrected chi connectivity index (χ1v) is 13.4. The number of furan rings is 1. The van der Waals surface area contributed by atoms with E-state index in [4.69, 9.17) is 4.42 Å². The molecular formula is C38H24O. The zero-order valence-electron chi connectivity index (χ0n) is 21.3. The number of fused-ring (bicyclic) bond motifs is 8. The van der Waals surface area contributed by atoms with Crippen LogP contribution in [0.1, 0.15) is 0 Å². The first-order valence-electron chi connectivity index (χ1n) is 13.4. The summed E-state index contributed by atoms with van der Waals surface area (Å²) in [6.45, 7) is 0. The van der Waals surface area contributed by atoms with Crippen molar-refractivity contribution in [2.45, 2.75) is 0 Å². The quantitative estimate of drug-likeness (QED) is 0.222. The maximum absolute atomic E-state index is 6.66. The molecule has 0 aliphatic rings. The van der Waals surface area contributed by atoms with Gasteiger partial charge in [-0.1, -0.05) is 115 Å². The zero-order valence-corrected chi connectivity index (χ0v) is 21.3. The van der Waals surface area contributed by atoms with Gasteiger partial charge in [-0.25, -0.2) is 0 Å². The SMILES string of the molecule is c1ccc(-c2cccc(-c3ccc4c(c3)c3ccccc3c3c5ccc(-c6ccccc6)cc5oc43)c2)cc1. The van der Waals surface area contributed by atoms with E-state index in [9.17, 15) is 0 Å². The van der Waals surface area contributed by atoms with E-state index in [0.717, 1.165) is 27.5 Å². The molecule has 1 heterocycles. The Morgan fingerprint density at radius 2 is 0.846 bits per heavy atom. The number of hydrogen-bond acceptors (Lipinski definition) is 1. The lowest BCUT2D eigenvalue weighted by molar-refractivity contribution is 0.673. The third-order valence-electron chi connectivity index (χ3n) is 7.85. The molecule has 39 heavy (non-hydrogen) atoms. The molecule has 0 fully saturated rings. The molecule has 0 N–H and O–H groups in total. The lowest BCUT2D eigenvalue weighted by Gasteiger charge is -2.10. The Balaban J connectivity index is 1.36. The van der Waals surface area contributed by atoms with Crippen molar-refractivity contribution >= 4 is 43.5 Å². The van der Waals surface area contributed by atoms with Gasteiger partial charge in [-0.2, -0.15) is 0 Å². The summed E-state index contributed by atoms with van der Waals surface area (Å²) >= 11 is 0. The summed E-state index contributed by atoms with van der Waals surface area (Å²) in [5.74, 6) is 0. The largest absolute Gasteiger partial charge is 0.455 e. The van der Waals surface area contributed by atoms with Crippen molar-refractivity contribution in [3.05, 3.63) is 146 Å². The minimum absolute atomic E-state index is 0.920. The van der Waals surface area contributed by atoms with Crippen LogP contribution in [-0.4, -0.2) is 0 Å². The minimum atomic E-state index is 0.920. The summed E-state index contributed by atoms with van der Waals surface area (Å²) in [7, 11) is 0. The first kappa shape index (κ1) is 21.9. The molecular weight excluding hydrogens is 472 g/mol. The van der Waals surface area contributed by atoms with Gasteiger partial charge in [0.25, 0.3) is 0 Å². The molecule has 0 saturated carbocycles. The van der Waals surface area contributed by atoms with Crippen LogP contribution in [0.5, 0.6) is 0 Å². The summed E-state index contributed by atoms with van der Waals surface area (Å²) in [4.78, 5) is 0. The Labute approximate surface area is 226 Å². The molecule has 1 aromatic heterocycles. The summed E-state index contributed by atoms with van der Waals surface area (Å²) in [6.07, 6.45) is 0.